The molecule has 3 atom stereocenters. The van der Waals surface area contributed by atoms with Crippen molar-refractivity contribution in [3.63, 3.8) is 0 Å². The van der Waals surface area contributed by atoms with Crippen LogP contribution in [0.1, 0.15) is 57.9 Å². The van der Waals surface area contributed by atoms with E-state index in [4.69, 9.17) is 0 Å². The minimum Gasteiger partial charge on any atom is -0.386 e. The van der Waals surface area contributed by atoms with Crippen molar-refractivity contribution in [2.45, 2.75) is 71.8 Å². The van der Waals surface area contributed by atoms with Gasteiger partial charge < -0.3 is 5.11 Å². The lowest BCUT2D eigenvalue weighted by Gasteiger charge is -2.14. The zero-order chi connectivity index (χ0) is 16.0. The summed E-state index contributed by atoms with van der Waals surface area (Å²) in [5.41, 5.74) is 4.07. The van der Waals surface area contributed by atoms with Crippen molar-refractivity contribution in [1.29, 1.82) is 0 Å². The first-order chi connectivity index (χ1) is 9.78. The Hall–Kier alpha value is -1.12. The molecule has 0 amide bonds. The Morgan fingerprint density at radius 2 is 2.00 bits per heavy atom. The summed E-state index contributed by atoms with van der Waals surface area (Å²) in [6, 6.07) is 0.0621. The second-order valence-corrected chi connectivity index (χ2v) is 11.5. The smallest absolute Gasteiger partial charge is 0.129 e. The summed E-state index contributed by atoms with van der Waals surface area (Å²) in [7, 11) is -1.39. The van der Waals surface area contributed by atoms with Crippen molar-refractivity contribution in [2.24, 2.45) is 5.92 Å². The van der Waals surface area contributed by atoms with Gasteiger partial charge in [0.2, 0.25) is 0 Å². The van der Waals surface area contributed by atoms with Gasteiger partial charge in [-0.1, -0.05) is 64.4 Å². The van der Waals surface area contributed by atoms with Gasteiger partial charge in [0.15, 0.2) is 0 Å². The van der Waals surface area contributed by atoms with Gasteiger partial charge in [0.25, 0.3) is 0 Å². The fraction of sp³-hybridized carbons (Fsp3) is 0.750. The van der Waals surface area contributed by atoms with Crippen LogP contribution in [-0.4, -0.2) is 28.2 Å². The molecule has 0 aromatic carbocycles. The zero-order valence-corrected chi connectivity index (χ0v) is 15.2. The zero-order valence-electron chi connectivity index (χ0n) is 14.2. The monoisotopic (exact) mass is 307 g/mol. The molecular formula is C16H29N3OSi. The second kappa shape index (κ2) is 7.76. The van der Waals surface area contributed by atoms with Gasteiger partial charge >= 0.3 is 0 Å². The third-order valence-electron chi connectivity index (χ3n) is 3.51. The first kappa shape index (κ1) is 17.9. The van der Waals surface area contributed by atoms with E-state index in [0.717, 1.165) is 19.3 Å². The van der Waals surface area contributed by atoms with Crippen molar-refractivity contribution in [3.8, 4) is 11.5 Å². The molecule has 0 fully saturated rings. The molecule has 0 saturated heterocycles. The lowest BCUT2D eigenvalue weighted by Crippen LogP contribution is -2.18. The van der Waals surface area contributed by atoms with E-state index in [-0.39, 0.29) is 12.0 Å². The number of aromatic nitrogens is 3. The van der Waals surface area contributed by atoms with Crippen LogP contribution in [0.5, 0.6) is 0 Å². The largest absolute Gasteiger partial charge is 0.386 e. The first-order valence-electron chi connectivity index (χ1n) is 7.91. The molecule has 0 saturated carbocycles. The highest BCUT2D eigenvalue weighted by atomic mass is 28.3. The molecule has 1 aromatic rings. The summed E-state index contributed by atoms with van der Waals surface area (Å²) in [6.07, 6.45) is 4.24. The van der Waals surface area contributed by atoms with Gasteiger partial charge in [-0.05, 0) is 12.3 Å². The van der Waals surface area contributed by atoms with Crippen LogP contribution in [-0.2, 0) is 0 Å². The molecule has 21 heavy (non-hydrogen) atoms. The molecule has 0 radical (unpaired) electrons. The van der Waals surface area contributed by atoms with Gasteiger partial charge in [-0.3, -0.25) is 0 Å². The molecule has 5 heteroatoms. The molecule has 1 rings (SSSR count). The summed E-state index contributed by atoms with van der Waals surface area (Å²) in [6.45, 7) is 13.0. The Bertz CT molecular complexity index is 496. The van der Waals surface area contributed by atoms with Gasteiger partial charge in [0.1, 0.15) is 25.9 Å². The van der Waals surface area contributed by atoms with Gasteiger partial charge in [0, 0.05) is 0 Å². The van der Waals surface area contributed by atoms with Crippen LogP contribution < -0.4 is 0 Å². The molecule has 118 valence electrons. The average molecular weight is 308 g/mol. The van der Waals surface area contributed by atoms with Crippen LogP contribution >= 0.6 is 0 Å². The van der Waals surface area contributed by atoms with Gasteiger partial charge in [-0.25, -0.2) is 4.68 Å². The van der Waals surface area contributed by atoms with E-state index in [9.17, 15) is 5.11 Å². The number of aliphatic hydroxyl groups is 1. The highest BCUT2D eigenvalue weighted by molar-refractivity contribution is 6.83. The van der Waals surface area contributed by atoms with E-state index in [1.165, 1.54) is 0 Å². The van der Waals surface area contributed by atoms with E-state index in [1.807, 2.05) is 17.8 Å². The van der Waals surface area contributed by atoms with Crippen LogP contribution in [0.15, 0.2) is 6.20 Å². The molecule has 1 heterocycles. The summed E-state index contributed by atoms with van der Waals surface area (Å²) >= 11 is 0. The minimum atomic E-state index is -1.39. The highest BCUT2D eigenvalue weighted by Crippen LogP contribution is 2.23. The predicted octanol–water partition coefficient (Wildman–Crippen LogP) is 3.58. The van der Waals surface area contributed by atoms with Crippen LogP contribution in [0.25, 0.3) is 0 Å². The highest BCUT2D eigenvalue weighted by Gasteiger charge is 2.20. The number of aliphatic hydroxyl groups excluding tert-OH is 1. The number of nitrogens with zero attached hydrogens (tertiary/aromatic N) is 3. The maximum absolute atomic E-state index is 10.2. The maximum Gasteiger partial charge on any atom is 0.129 e. The summed E-state index contributed by atoms with van der Waals surface area (Å²) in [5, 5.41) is 18.6. The molecule has 3 unspecified atom stereocenters. The first-order valence-corrected chi connectivity index (χ1v) is 11.4. The van der Waals surface area contributed by atoms with Crippen molar-refractivity contribution in [1.82, 2.24) is 15.0 Å². The molecule has 1 aromatic heterocycles. The Morgan fingerprint density at radius 3 is 2.52 bits per heavy atom. The SMILES string of the molecule is CCCC(C#C[Si](C)(C)C)n1cc(C(O)C(C)CC)nn1. The molecule has 0 aliphatic carbocycles. The van der Waals surface area contributed by atoms with E-state index in [1.54, 1.807) is 0 Å². The Kier molecular flexibility index (Phi) is 6.63. The Balaban J connectivity index is 2.95. The molecular weight excluding hydrogens is 278 g/mol. The van der Waals surface area contributed by atoms with Gasteiger partial charge in [-0.15, -0.1) is 10.6 Å². The number of hydrogen-bond acceptors (Lipinski definition) is 3. The van der Waals surface area contributed by atoms with E-state index in [2.05, 4.69) is 55.3 Å². The average Bonchev–Trinajstić information content (AvgIpc) is 2.90. The van der Waals surface area contributed by atoms with Gasteiger partial charge in [-0.2, -0.15) is 0 Å². The van der Waals surface area contributed by atoms with E-state index >= 15 is 0 Å². The quantitative estimate of drug-likeness (QED) is 0.645. The molecule has 0 aliphatic rings. The molecule has 0 bridgehead atoms. The van der Waals surface area contributed by atoms with Crippen molar-refractivity contribution < 1.29 is 5.11 Å². The maximum atomic E-state index is 10.2. The van der Waals surface area contributed by atoms with Crippen LogP contribution in [0.2, 0.25) is 19.6 Å². The lowest BCUT2D eigenvalue weighted by molar-refractivity contribution is 0.111. The summed E-state index contributed by atoms with van der Waals surface area (Å²) in [4.78, 5) is 0. The Morgan fingerprint density at radius 1 is 1.33 bits per heavy atom. The van der Waals surface area contributed by atoms with E-state index < -0.39 is 14.2 Å². The molecule has 1 N–H and O–H groups in total. The van der Waals surface area contributed by atoms with Crippen LogP contribution in [0, 0.1) is 17.4 Å². The number of rotatable bonds is 6. The van der Waals surface area contributed by atoms with Gasteiger partial charge in [0.05, 0.1) is 6.20 Å². The standard InChI is InChI=1S/C16H29N3OSi/c1-7-9-14(10-11-21(4,5)6)19-12-15(17-18-19)16(20)13(3)8-2/h12-14,16,20H,7-9H2,1-6H3. The third-order valence-corrected chi connectivity index (χ3v) is 4.40. The fourth-order valence-corrected chi connectivity index (χ4v) is 2.54. The van der Waals surface area contributed by atoms with Crippen molar-refractivity contribution in [3.05, 3.63) is 11.9 Å². The Labute approximate surface area is 130 Å². The lowest BCUT2D eigenvalue weighted by atomic mass is 10.00. The topological polar surface area (TPSA) is 50.9 Å². The predicted molar refractivity (Wildman–Crippen MR) is 89.5 cm³/mol. The van der Waals surface area contributed by atoms with E-state index in [0.29, 0.717) is 5.69 Å². The second-order valence-electron chi connectivity index (χ2n) is 6.78. The van der Waals surface area contributed by atoms with Crippen molar-refractivity contribution in [2.75, 3.05) is 0 Å². The molecule has 4 nitrogen and oxygen atoms in total. The van der Waals surface area contributed by atoms with Crippen LogP contribution in [0.3, 0.4) is 0 Å². The molecule has 0 spiro atoms. The van der Waals surface area contributed by atoms with Crippen LogP contribution in [0.4, 0.5) is 0 Å². The fourth-order valence-electron chi connectivity index (χ4n) is 1.94. The summed E-state index contributed by atoms with van der Waals surface area (Å²) in [5.74, 6) is 3.55. The normalized spacial score (nSPS) is 16.0. The molecule has 0 aliphatic heterocycles. The summed E-state index contributed by atoms with van der Waals surface area (Å²) < 4.78 is 1.82. The van der Waals surface area contributed by atoms with Crippen molar-refractivity contribution >= 4 is 8.07 Å². The third kappa shape index (κ3) is 5.64. The minimum absolute atomic E-state index is 0.0621. The number of hydrogen-bond donors (Lipinski definition) is 1.